The number of primary amides is 1. The highest BCUT2D eigenvalue weighted by atomic mass is 32.2. The van der Waals surface area contributed by atoms with Crippen LogP contribution >= 0.6 is 0 Å². The second kappa shape index (κ2) is 5.09. The van der Waals surface area contributed by atoms with Gasteiger partial charge in [0.05, 0.1) is 4.90 Å². The number of amides is 2. The SMILES string of the molecule is CS(=O)(=O)c1cccc(C(=O)N2CC=CC2C(N)=O)c1. The van der Waals surface area contributed by atoms with Gasteiger partial charge in [-0.3, -0.25) is 9.59 Å². The Balaban J connectivity index is 2.33. The number of nitrogens with two attached hydrogens (primary N) is 1. The molecule has 1 heterocycles. The molecule has 1 aliphatic heterocycles. The lowest BCUT2D eigenvalue weighted by atomic mass is 10.1. The minimum Gasteiger partial charge on any atom is -0.368 e. The Hall–Kier alpha value is -2.15. The summed E-state index contributed by atoms with van der Waals surface area (Å²) in [5.74, 6) is -1.05. The lowest BCUT2D eigenvalue weighted by molar-refractivity contribution is -0.120. The molecule has 2 rings (SSSR count). The molecule has 0 aliphatic carbocycles. The standard InChI is InChI=1S/C13H14N2O4S/c1-20(18,19)10-5-2-4-9(8-10)13(17)15-7-3-6-11(15)12(14)16/h2-6,8,11H,7H2,1H3,(H2,14,16). The zero-order valence-corrected chi connectivity index (χ0v) is 11.6. The number of hydrogen-bond donors (Lipinski definition) is 1. The van der Waals surface area contributed by atoms with Crippen LogP contribution in [0.5, 0.6) is 0 Å². The fraction of sp³-hybridized carbons (Fsp3) is 0.231. The van der Waals surface area contributed by atoms with E-state index in [1.165, 1.54) is 29.2 Å². The maximum Gasteiger partial charge on any atom is 0.255 e. The van der Waals surface area contributed by atoms with Gasteiger partial charge in [0.15, 0.2) is 9.84 Å². The number of sulfone groups is 1. The van der Waals surface area contributed by atoms with Crippen LogP contribution in [-0.4, -0.2) is 44.0 Å². The van der Waals surface area contributed by atoms with Crippen LogP contribution in [0.25, 0.3) is 0 Å². The number of carbonyl (C=O) groups excluding carboxylic acids is 2. The molecule has 0 bridgehead atoms. The quantitative estimate of drug-likeness (QED) is 0.791. The summed E-state index contributed by atoms with van der Waals surface area (Å²) in [5.41, 5.74) is 5.43. The summed E-state index contributed by atoms with van der Waals surface area (Å²) in [7, 11) is -3.39. The third-order valence-electron chi connectivity index (χ3n) is 3.02. The normalized spacial score (nSPS) is 18.2. The number of carbonyl (C=O) groups is 2. The van der Waals surface area contributed by atoms with Crippen molar-refractivity contribution in [3.05, 3.63) is 42.0 Å². The Labute approximate surface area is 116 Å². The molecule has 0 fully saturated rings. The Morgan fingerprint density at radius 1 is 1.35 bits per heavy atom. The van der Waals surface area contributed by atoms with Gasteiger partial charge in [0, 0.05) is 18.4 Å². The second-order valence-electron chi connectivity index (χ2n) is 4.53. The van der Waals surface area contributed by atoms with Crippen molar-refractivity contribution in [2.24, 2.45) is 5.73 Å². The number of hydrogen-bond acceptors (Lipinski definition) is 4. The van der Waals surface area contributed by atoms with Crippen LogP contribution in [0, 0.1) is 0 Å². The molecule has 7 heteroatoms. The Bertz CT molecular complexity index is 694. The zero-order valence-electron chi connectivity index (χ0n) is 10.8. The van der Waals surface area contributed by atoms with Gasteiger partial charge in [-0.15, -0.1) is 0 Å². The first-order valence-electron chi connectivity index (χ1n) is 5.88. The molecular formula is C13H14N2O4S. The van der Waals surface area contributed by atoms with Crippen molar-refractivity contribution >= 4 is 21.7 Å². The van der Waals surface area contributed by atoms with E-state index < -0.39 is 27.7 Å². The molecule has 0 radical (unpaired) electrons. The van der Waals surface area contributed by atoms with Crippen molar-refractivity contribution in [3.63, 3.8) is 0 Å². The summed E-state index contributed by atoms with van der Waals surface area (Å²) in [6.07, 6.45) is 4.30. The van der Waals surface area contributed by atoms with Gasteiger partial charge in [0.25, 0.3) is 5.91 Å². The highest BCUT2D eigenvalue weighted by Gasteiger charge is 2.29. The van der Waals surface area contributed by atoms with Crippen LogP contribution in [0.2, 0.25) is 0 Å². The molecule has 20 heavy (non-hydrogen) atoms. The fourth-order valence-corrected chi connectivity index (χ4v) is 2.67. The van der Waals surface area contributed by atoms with E-state index >= 15 is 0 Å². The van der Waals surface area contributed by atoms with E-state index in [1.807, 2.05) is 0 Å². The van der Waals surface area contributed by atoms with Gasteiger partial charge in [0.1, 0.15) is 6.04 Å². The molecule has 1 unspecified atom stereocenters. The first-order valence-corrected chi connectivity index (χ1v) is 7.77. The smallest absolute Gasteiger partial charge is 0.255 e. The van der Waals surface area contributed by atoms with Crippen LogP contribution in [-0.2, 0) is 14.6 Å². The van der Waals surface area contributed by atoms with Gasteiger partial charge in [-0.25, -0.2) is 8.42 Å². The van der Waals surface area contributed by atoms with Crippen LogP contribution in [0.15, 0.2) is 41.3 Å². The Morgan fingerprint density at radius 3 is 2.65 bits per heavy atom. The number of rotatable bonds is 3. The average Bonchev–Trinajstić information content (AvgIpc) is 2.86. The molecule has 0 aromatic heterocycles. The largest absolute Gasteiger partial charge is 0.368 e. The topological polar surface area (TPSA) is 97.5 Å². The number of nitrogens with zero attached hydrogens (tertiary/aromatic N) is 1. The lowest BCUT2D eigenvalue weighted by Crippen LogP contribution is -2.44. The van der Waals surface area contributed by atoms with E-state index in [0.717, 1.165) is 6.26 Å². The summed E-state index contributed by atoms with van der Waals surface area (Å²) >= 11 is 0. The van der Waals surface area contributed by atoms with Gasteiger partial charge < -0.3 is 10.6 Å². The van der Waals surface area contributed by atoms with Crippen LogP contribution in [0.3, 0.4) is 0 Å². The molecule has 0 spiro atoms. The van der Waals surface area contributed by atoms with Crippen molar-refractivity contribution in [2.75, 3.05) is 12.8 Å². The maximum absolute atomic E-state index is 12.3. The average molecular weight is 294 g/mol. The Morgan fingerprint density at radius 2 is 2.05 bits per heavy atom. The maximum atomic E-state index is 12.3. The monoisotopic (exact) mass is 294 g/mol. The van der Waals surface area contributed by atoms with Gasteiger partial charge in [0.2, 0.25) is 5.91 Å². The minimum absolute atomic E-state index is 0.0612. The van der Waals surface area contributed by atoms with Gasteiger partial charge in [-0.1, -0.05) is 18.2 Å². The molecule has 2 N–H and O–H groups in total. The lowest BCUT2D eigenvalue weighted by Gasteiger charge is -2.22. The fourth-order valence-electron chi connectivity index (χ4n) is 2.00. The predicted octanol–water partition coefficient (Wildman–Crippen LogP) is -0.0440. The first kappa shape index (κ1) is 14.3. The van der Waals surface area contributed by atoms with E-state index in [0.29, 0.717) is 0 Å². The first-order chi connectivity index (χ1) is 9.30. The molecule has 1 aromatic carbocycles. The molecule has 0 saturated heterocycles. The van der Waals surface area contributed by atoms with Crippen LogP contribution in [0.4, 0.5) is 0 Å². The summed E-state index contributed by atoms with van der Waals surface area (Å²) in [5, 5.41) is 0. The number of benzene rings is 1. The molecule has 0 saturated carbocycles. The summed E-state index contributed by atoms with van der Waals surface area (Å²) < 4.78 is 23.0. The van der Waals surface area contributed by atoms with Crippen molar-refractivity contribution in [1.82, 2.24) is 4.90 Å². The summed E-state index contributed by atoms with van der Waals surface area (Å²) in [4.78, 5) is 24.9. The van der Waals surface area contributed by atoms with E-state index in [-0.39, 0.29) is 17.0 Å². The molecule has 1 aliphatic rings. The minimum atomic E-state index is -3.39. The van der Waals surface area contributed by atoms with Gasteiger partial charge in [-0.05, 0) is 18.2 Å². The van der Waals surface area contributed by atoms with Gasteiger partial charge in [-0.2, -0.15) is 0 Å². The van der Waals surface area contributed by atoms with Crippen molar-refractivity contribution in [1.29, 1.82) is 0 Å². The van der Waals surface area contributed by atoms with Crippen molar-refractivity contribution in [3.8, 4) is 0 Å². The molecule has 106 valence electrons. The molecule has 1 atom stereocenters. The molecule has 1 aromatic rings. The summed E-state index contributed by atoms with van der Waals surface area (Å²) in [6.45, 7) is 0.273. The predicted molar refractivity (Wildman–Crippen MR) is 72.7 cm³/mol. The summed E-state index contributed by atoms with van der Waals surface area (Å²) in [6, 6.07) is 4.93. The zero-order chi connectivity index (χ0) is 14.9. The van der Waals surface area contributed by atoms with E-state index in [2.05, 4.69) is 0 Å². The van der Waals surface area contributed by atoms with E-state index in [1.54, 1.807) is 12.2 Å². The molecule has 6 nitrogen and oxygen atoms in total. The third kappa shape index (κ3) is 2.72. The van der Waals surface area contributed by atoms with Gasteiger partial charge >= 0.3 is 0 Å². The van der Waals surface area contributed by atoms with Crippen LogP contribution < -0.4 is 5.73 Å². The highest BCUT2D eigenvalue weighted by Crippen LogP contribution is 2.17. The van der Waals surface area contributed by atoms with E-state index in [9.17, 15) is 18.0 Å². The highest BCUT2D eigenvalue weighted by molar-refractivity contribution is 7.90. The third-order valence-corrected chi connectivity index (χ3v) is 4.13. The molecular weight excluding hydrogens is 280 g/mol. The van der Waals surface area contributed by atoms with Crippen LogP contribution in [0.1, 0.15) is 10.4 Å². The van der Waals surface area contributed by atoms with E-state index in [4.69, 9.17) is 5.73 Å². The Kier molecular flexibility index (Phi) is 3.63. The van der Waals surface area contributed by atoms with Crippen molar-refractivity contribution in [2.45, 2.75) is 10.9 Å². The molecule has 2 amide bonds. The second-order valence-corrected chi connectivity index (χ2v) is 6.55. The van der Waals surface area contributed by atoms with Crippen molar-refractivity contribution < 1.29 is 18.0 Å².